The van der Waals surface area contributed by atoms with Crippen molar-refractivity contribution in [3.8, 4) is 0 Å². The number of carbonyl (C=O) groups excluding carboxylic acids is 2. The van der Waals surface area contributed by atoms with E-state index >= 15 is 0 Å². The Morgan fingerprint density at radius 2 is 1.92 bits per heavy atom. The minimum Gasteiger partial charge on any atom is -0.354 e. The van der Waals surface area contributed by atoms with Crippen LogP contribution in [0.4, 0.5) is 23.8 Å². The summed E-state index contributed by atoms with van der Waals surface area (Å²) < 4.78 is 41.4. The van der Waals surface area contributed by atoms with Gasteiger partial charge in [-0.1, -0.05) is 13.8 Å². The standard InChI is InChI=1S/C16H16F3N5O2/c1-14(2)6-23(7-15(14)12(25)21-13(26)22-15)11-4-9(16(17,18)19)3-10-5-20-8-24(10)11/h3-5,8H,6-7H2,1-2H3,(H2,21,22,25,26). The summed E-state index contributed by atoms with van der Waals surface area (Å²) in [7, 11) is 0. The highest BCUT2D eigenvalue weighted by molar-refractivity contribution is 6.08. The summed E-state index contributed by atoms with van der Waals surface area (Å²) in [6.07, 6.45) is -1.73. The van der Waals surface area contributed by atoms with Crippen molar-refractivity contribution in [2.75, 3.05) is 18.0 Å². The van der Waals surface area contributed by atoms with E-state index in [1.165, 1.54) is 12.5 Å². The molecule has 4 rings (SSSR count). The maximum atomic E-state index is 13.3. The predicted molar refractivity (Wildman–Crippen MR) is 85.6 cm³/mol. The van der Waals surface area contributed by atoms with Crippen LogP contribution in [0.3, 0.4) is 0 Å². The van der Waals surface area contributed by atoms with Crippen molar-refractivity contribution in [3.05, 3.63) is 30.2 Å². The molecule has 1 unspecified atom stereocenters. The quantitative estimate of drug-likeness (QED) is 0.753. The number of urea groups is 1. The lowest BCUT2D eigenvalue weighted by Gasteiger charge is -2.32. The van der Waals surface area contributed by atoms with E-state index in [4.69, 9.17) is 0 Å². The monoisotopic (exact) mass is 367 g/mol. The number of carbonyl (C=O) groups is 2. The van der Waals surface area contributed by atoms with Gasteiger partial charge in [-0.15, -0.1) is 0 Å². The molecular formula is C16H16F3N5O2. The fraction of sp³-hybridized carbons (Fsp3) is 0.438. The van der Waals surface area contributed by atoms with Gasteiger partial charge in [-0.05, 0) is 12.1 Å². The van der Waals surface area contributed by atoms with Crippen molar-refractivity contribution < 1.29 is 22.8 Å². The minimum absolute atomic E-state index is 0.0617. The van der Waals surface area contributed by atoms with Crippen LogP contribution in [0.25, 0.3) is 5.52 Å². The lowest BCUT2D eigenvalue weighted by molar-refractivity contribution is -0.137. The van der Waals surface area contributed by atoms with Gasteiger partial charge in [-0.25, -0.2) is 9.78 Å². The number of imide groups is 1. The Morgan fingerprint density at radius 3 is 2.54 bits per heavy atom. The van der Waals surface area contributed by atoms with Crippen LogP contribution in [-0.4, -0.2) is 40.0 Å². The van der Waals surface area contributed by atoms with E-state index in [2.05, 4.69) is 15.6 Å². The summed E-state index contributed by atoms with van der Waals surface area (Å²) in [5.41, 5.74) is -2.39. The summed E-state index contributed by atoms with van der Waals surface area (Å²) in [6, 6.07) is 1.47. The van der Waals surface area contributed by atoms with Crippen LogP contribution >= 0.6 is 0 Å². The van der Waals surface area contributed by atoms with Crippen LogP contribution in [0.15, 0.2) is 24.7 Å². The third kappa shape index (κ3) is 2.17. The van der Waals surface area contributed by atoms with Gasteiger partial charge in [0.25, 0.3) is 5.91 Å². The average Bonchev–Trinajstić information content (AvgIpc) is 3.15. The molecule has 4 heterocycles. The van der Waals surface area contributed by atoms with Crippen molar-refractivity contribution in [2.45, 2.75) is 25.6 Å². The molecule has 2 N–H and O–H groups in total. The van der Waals surface area contributed by atoms with Crippen LogP contribution in [0.2, 0.25) is 0 Å². The molecule has 7 nitrogen and oxygen atoms in total. The number of pyridine rings is 1. The fourth-order valence-electron chi connectivity index (χ4n) is 3.83. The fourth-order valence-corrected chi connectivity index (χ4v) is 3.83. The van der Waals surface area contributed by atoms with Crippen molar-refractivity contribution in [2.24, 2.45) is 5.41 Å². The number of aromatic nitrogens is 2. The maximum Gasteiger partial charge on any atom is 0.416 e. The number of hydrogen-bond acceptors (Lipinski definition) is 4. The molecule has 0 bridgehead atoms. The van der Waals surface area contributed by atoms with Gasteiger partial charge in [0.05, 0.1) is 23.8 Å². The van der Waals surface area contributed by atoms with E-state index in [1.807, 2.05) is 0 Å². The molecular weight excluding hydrogens is 351 g/mol. The lowest BCUT2D eigenvalue weighted by atomic mass is 9.75. The van der Waals surface area contributed by atoms with Crippen molar-refractivity contribution in [1.82, 2.24) is 20.0 Å². The molecule has 2 saturated heterocycles. The molecule has 0 aliphatic carbocycles. The maximum absolute atomic E-state index is 13.3. The van der Waals surface area contributed by atoms with Crippen LogP contribution in [0.5, 0.6) is 0 Å². The molecule has 0 saturated carbocycles. The zero-order valence-electron chi connectivity index (χ0n) is 14.0. The molecule has 10 heteroatoms. The third-order valence-electron chi connectivity index (χ3n) is 5.26. The van der Waals surface area contributed by atoms with Gasteiger partial charge in [0, 0.05) is 12.0 Å². The van der Waals surface area contributed by atoms with E-state index < -0.39 is 34.6 Å². The summed E-state index contributed by atoms with van der Waals surface area (Å²) in [6.45, 7) is 3.95. The number of anilines is 1. The van der Waals surface area contributed by atoms with E-state index in [-0.39, 0.29) is 18.9 Å². The lowest BCUT2D eigenvalue weighted by Crippen LogP contribution is -2.57. The Morgan fingerprint density at radius 1 is 1.19 bits per heavy atom. The molecule has 0 aromatic carbocycles. The number of fused-ring (bicyclic) bond motifs is 1. The molecule has 2 aromatic heterocycles. The van der Waals surface area contributed by atoms with E-state index in [0.29, 0.717) is 5.52 Å². The summed E-state index contributed by atoms with van der Waals surface area (Å²) in [5, 5.41) is 4.90. The largest absolute Gasteiger partial charge is 0.416 e. The van der Waals surface area contributed by atoms with Crippen LogP contribution in [0, 0.1) is 5.41 Å². The molecule has 26 heavy (non-hydrogen) atoms. The van der Waals surface area contributed by atoms with Gasteiger partial charge in [0.2, 0.25) is 0 Å². The van der Waals surface area contributed by atoms with Gasteiger partial charge >= 0.3 is 12.2 Å². The second kappa shape index (κ2) is 4.89. The van der Waals surface area contributed by atoms with E-state index in [9.17, 15) is 22.8 Å². The van der Waals surface area contributed by atoms with E-state index in [1.54, 1.807) is 23.1 Å². The van der Waals surface area contributed by atoms with Gasteiger partial charge in [0.15, 0.2) is 0 Å². The van der Waals surface area contributed by atoms with Gasteiger partial charge in [-0.3, -0.25) is 14.5 Å². The first-order chi connectivity index (χ1) is 12.0. The Labute approximate surface area is 146 Å². The second-order valence-corrected chi connectivity index (χ2v) is 7.34. The minimum atomic E-state index is -4.51. The number of halogens is 3. The highest BCUT2D eigenvalue weighted by Crippen LogP contribution is 2.43. The van der Waals surface area contributed by atoms with Crippen LogP contribution < -0.4 is 15.5 Å². The number of alkyl halides is 3. The molecule has 2 aliphatic heterocycles. The van der Waals surface area contributed by atoms with Gasteiger partial charge in [-0.2, -0.15) is 13.2 Å². The van der Waals surface area contributed by atoms with Gasteiger partial charge in [0.1, 0.15) is 17.7 Å². The Bertz CT molecular complexity index is 936. The highest BCUT2D eigenvalue weighted by atomic mass is 19.4. The number of nitrogens with zero attached hydrogens (tertiary/aromatic N) is 3. The summed E-state index contributed by atoms with van der Waals surface area (Å²) in [5.74, 6) is -0.199. The first-order valence-corrected chi connectivity index (χ1v) is 7.95. The molecule has 3 amide bonds. The van der Waals surface area contributed by atoms with Crippen molar-refractivity contribution >= 4 is 23.3 Å². The Kier molecular flexibility index (Phi) is 3.14. The molecule has 138 valence electrons. The van der Waals surface area contributed by atoms with Gasteiger partial charge < -0.3 is 10.2 Å². The average molecular weight is 367 g/mol. The first-order valence-electron chi connectivity index (χ1n) is 7.95. The molecule has 1 spiro atoms. The Hall–Kier alpha value is -2.78. The molecule has 2 aliphatic rings. The van der Waals surface area contributed by atoms with Crippen molar-refractivity contribution in [1.29, 1.82) is 0 Å². The summed E-state index contributed by atoms with van der Waals surface area (Å²) >= 11 is 0. The predicted octanol–water partition coefficient (Wildman–Crippen LogP) is 1.78. The zero-order chi connectivity index (χ0) is 18.9. The second-order valence-electron chi connectivity index (χ2n) is 7.34. The normalized spacial score (nSPS) is 25.2. The third-order valence-corrected chi connectivity index (χ3v) is 5.26. The first kappa shape index (κ1) is 16.7. The summed E-state index contributed by atoms with van der Waals surface area (Å²) in [4.78, 5) is 29.7. The number of imidazole rings is 1. The van der Waals surface area contributed by atoms with Crippen molar-refractivity contribution in [3.63, 3.8) is 0 Å². The number of amides is 3. The molecule has 2 fully saturated rings. The van der Waals surface area contributed by atoms with Crippen LogP contribution in [-0.2, 0) is 11.0 Å². The number of nitrogens with one attached hydrogen (secondary N) is 2. The molecule has 1 atom stereocenters. The topological polar surface area (TPSA) is 78.7 Å². The smallest absolute Gasteiger partial charge is 0.354 e. The number of rotatable bonds is 1. The SMILES string of the molecule is CC1(C)CN(c2cc(C(F)(F)F)cc3cncn23)CC12NC(=O)NC2=O. The van der Waals surface area contributed by atoms with E-state index in [0.717, 1.165) is 12.1 Å². The zero-order valence-corrected chi connectivity index (χ0v) is 14.0. The highest BCUT2D eigenvalue weighted by Gasteiger charge is 2.62. The van der Waals surface area contributed by atoms with Crippen LogP contribution in [0.1, 0.15) is 19.4 Å². The Balaban J connectivity index is 1.83. The molecule has 2 aromatic rings. The molecule has 0 radical (unpaired) electrons. The number of hydrogen-bond donors (Lipinski definition) is 2.